The quantitative estimate of drug-likeness (QED) is 0.367. The molecule has 1 aromatic carbocycles. The molecule has 2 N–H and O–H groups in total. The monoisotopic (exact) mass is 473 g/mol. The summed E-state index contributed by atoms with van der Waals surface area (Å²) < 4.78 is 6.24. The fraction of sp³-hybridized carbons (Fsp3) is 0.364. The van der Waals surface area contributed by atoms with E-state index >= 15 is 0 Å². The number of quaternary nitrogens is 1. The molecule has 0 bridgehead atoms. The highest BCUT2D eigenvalue weighted by Gasteiger charge is 2.52. The normalized spacial score (nSPS) is 22.5. The number of aromatic amines is 1. The Bertz CT molecular complexity index is 929. The third-order valence-electron chi connectivity index (χ3n) is 5.80. The van der Waals surface area contributed by atoms with E-state index in [4.69, 9.17) is 4.74 Å². The standard InChI is InChI=1S/C22H22BrN3O4/c23-17-5-3-15(4-6-17)20(27)18-19(16-2-1-7-24-14-16)26(22(29)21(18)28)9-8-25-10-12-30-13-11-25/h1-7,14,18-19H,8-13H2/p+2. The van der Waals surface area contributed by atoms with Crippen molar-refractivity contribution in [2.75, 3.05) is 39.4 Å². The summed E-state index contributed by atoms with van der Waals surface area (Å²) in [7, 11) is 0. The van der Waals surface area contributed by atoms with Crippen molar-refractivity contribution in [2.24, 2.45) is 5.92 Å². The molecule has 0 aliphatic carbocycles. The van der Waals surface area contributed by atoms with E-state index in [-0.39, 0.29) is 5.78 Å². The van der Waals surface area contributed by atoms with Gasteiger partial charge in [0.1, 0.15) is 19.0 Å². The zero-order chi connectivity index (χ0) is 21.1. The van der Waals surface area contributed by atoms with E-state index < -0.39 is 23.7 Å². The number of amides is 1. The number of halogens is 1. The lowest BCUT2D eigenvalue weighted by Gasteiger charge is -2.29. The van der Waals surface area contributed by atoms with Crippen molar-refractivity contribution in [3.8, 4) is 0 Å². The van der Waals surface area contributed by atoms with Gasteiger partial charge in [-0.25, -0.2) is 4.98 Å². The van der Waals surface area contributed by atoms with Crippen molar-refractivity contribution in [1.29, 1.82) is 0 Å². The van der Waals surface area contributed by atoms with Gasteiger partial charge in [-0.1, -0.05) is 28.1 Å². The number of benzene rings is 1. The largest absolute Gasteiger partial charge is 0.370 e. The summed E-state index contributed by atoms with van der Waals surface area (Å²) in [6, 6.07) is 9.94. The molecule has 4 rings (SSSR count). The molecule has 2 aliphatic rings. The van der Waals surface area contributed by atoms with Crippen molar-refractivity contribution in [3.63, 3.8) is 0 Å². The molecule has 7 nitrogen and oxygen atoms in total. The number of likely N-dealkylation sites (tertiary alicyclic amines) is 1. The first-order valence-corrected chi connectivity index (χ1v) is 10.9. The SMILES string of the molecule is O=C1C(=O)N(CC[NH+]2CCOCC2)C(c2ccc[nH+]c2)C1C(=O)c1ccc(Br)cc1. The van der Waals surface area contributed by atoms with Crippen molar-refractivity contribution < 1.29 is 29.0 Å². The van der Waals surface area contributed by atoms with E-state index in [2.05, 4.69) is 20.9 Å². The van der Waals surface area contributed by atoms with Crippen molar-refractivity contribution in [1.82, 2.24) is 4.90 Å². The van der Waals surface area contributed by atoms with Gasteiger partial charge in [-0.2, -0.15) is 0 Å². The molecule has 30 heavy (non-hydrogen) atoms. The number of ketones is 2. The number of morpholine rings is 1. The number of carbonyl (C=O) groups is 3. The average Bonchev–Trinajstić information content (AvgIpc) is 3.04. The third-order valence-corrected chi connectivity index (χ3v) is 6.32. The Morgan fingerprint density at radius 1 is 1.17 bits per heavy atom. The highest BCUT2D eigenvalue weighted by atomic mass is 79.9. The second-order valence-corrected chi connectivity index (χ2v) is 8.52. The summed E-state index contributed by atoms with van der Waals surface area (Å²) >= 11 is 3.36. The number of hydrogen-bond donors (Lipinski definition) is 1. The van der Waals surface area contributed by atoms with Crippen molar-refractivity contribution >= 4 is 33.4 Å². The Labute approximate surface area is 183 Å². The molecule has 2 aliphatic heterocycles. The van der Waals surface area contributed by atoms with Crippen LogP contribution < -0.4 is 9.88 Å². The molecule has 2 atom stereocenters. The van der Waals surface area contributed by atoms with Crippen LogP contribution in [-0.2, 0) is 14.3 Å². The van der Waals surface area contributed by atoms with Gasteiger partial charge >= 0.3 is 0 Å². The summed E-state index contributed by atoms with van der Waals surface area (Å²) in [5, 5.41) is 0. The van der Waals surface area contributed by atoms with Crippen LogP contribution in [0.3, 0.4) is 0 Å². The topological polar surface area (TPSA) is 82.3 Å². The zero-order valence-corrected chi connectivity index (χ0v) is 18.1. The highest BCUT2D eigenvalue weighted by molar-refractivity contribution is 9.10. The fourth-order valence-electron chi connectivity index (χ4n) is 4.17. The van der Waals surface area contributed by atoms with Gasteiger partial charge in [0.2, 0.25) is 5.78 Å². The Balaban J connectivity index is 1.64. The van der Waals surface area contributed by atoms with Crippen LogP contribution in [0.2, 0.25) is 0 Å². The van der Waals surface area contributed by atoms with Crippen LogP contribution in [0.25, 0.3) is 0 Å². The number of rotatable bonds is 6. The first kappa shape index (κ1) is 20.8. The number of nitrogens with zero attached hydrogens (tertiary/aromatic N) is 1. The van der Waals surface area contributed by atoms with Gasteiger partial charge in [0.25, 0.3) is 5.91 Å². The fourth-order valence-corrected chi connectivity index (χ4v) is 4.44. The van der Waals surface area contributed by atoms with Crippen LogP contribution in [0.15, 0.2) is 53.3 Å². The minimum Gasteiger partial charge on any atom is -0.370 e. The maximum Gasteiger partial charge on any atom is 0.291 e. The molecule has 2 saturated heterocycles. The maximum atomic E-state index is 13.3. The van der Waals surface area contributed by atoms with E-state index in [1.807, 2.05) is 12.1 Å². The minimum atomic E-state index is -1.05. The van der Waals surface area contributed by atoms with Gasteiger partial charge in [0.05, 0.1) is 32.3 Å². The second kappa shape index (κ2) is 9.16. The molecule has 1 aromatic heterocycles. The molecule has 0 radical (unpaired) electrons. The number of H-pyrrole nitrogens is 1. The van der Waals surface area contributed by atoms with Gasteiger partial charge in [-0.3, -0.25) is 14.4 Å². The van der Waals surface area contributed by atoms with Crippen LogP contribution in [-0.4, -0.2) is 61.8 Å². The number of hydrogen-bond acceptors (Lipinski definition) is 4. The molecule has 0 saturated carbocycles. The number of nitrogens with one attached hydrogen (secondary N) is 2. The molecular formula is C22H24BrN3O4+2. The first-order valence-electron chi connectivity index (χ1n) is 10.1. The maximum absolute atomic E-state index is 13.3. The average molecular weight is 474 g/mol. The molecule has 3 heterocycles. The summed E-state index contributed by atoms with van der Waals surface area (Å²) in [5.41, 5.74) is 1.18. The summed E-state index contributed by atoms with van der Waals surface area (Å²) in [6.07, 6.45) is 3.52. The molecule has 2 fully saturated rings. The second-order valence-electron chi connectivity index (χ2n) is 7.61. The van der Waals surface area contributed by atoms with Crippen LogP contribution in [0.4, 0.5) is 0 Å². The van der Waals surface area contributed by atoms with Gasteiger partial charge < -0.3 is 14.5 Å². The predicted octanol–water partition coefficient (Wildman–Crippen LogP) is 0.130. The highest BCUT2D eigenvalue weighted by Crippen LogP contribution is 2.37. The van der Waals surface area contributed by atoms with Gasteiger partial charge in [0, 0.05) is 21.7 Å². The van der Waals surface area contributed by atoms with E-state index in [1.54, 1.807) is 41.6 Å². The lowest BCUT2D eigenvalue weighted by molar-refractivity contribution is -0.907. The van der Waals surface area contributed by atoms with Gasteiger partial charge in [-0.05, 0) is 18.2 Å². The molecule has 2 aromatic rings. The lowest BCUT2D eigenvalue weighted by atomic mass is 9.87. The number of Topliss-reactive ketones (excluding diaryl/α,β-unsaturated/α-hetero) is 2. The molecular weight excluding hydrogens is 450 g/mol. The molecule has 8 heteroatoms. The van der Waals surface area contributed by atoms with Gasteiger partial charge in [-0.15, -0.1) is 0 Å². The number of aromatic nitrogens is 1. The Morgan fingerprint density at radius 2 is 1.90 bits per heavy atom. The predicted molar refractivity (Wildman–Crippen MR) is 111 cm³/mol. The van der Waals surface area contributed by atoms with E-state index in [0.29, 0.717) is 31.9 Å². The van der Waals surface area contributed by atoms with E-state index in [0.717, 1.165) is 23.1 Å². The summed E-state index contributed by atoms with van der Waals surface area (Å²) in [4.78, 5) is 45.1. The van der Waals surface area contributed by atoms with Crippen molar-refractivity contribution in [2.45, 2.75) is 6.04 Å². The van der Waals surface area contributed by atoms with E-state index in [1.165, 1.54) is 4.90 Å². The zero-order valence-electron chi connectivity index (χ0n) is 16.5. The molecule has 1 amide bonds. The lowest BCUT2D eigenvalue weighted by Crippen LogP contribution is -3.14. The van der Waals surface area contributed by atoms with Crippen LogP contribution >= 0.6 is 15.9 Å². The summed E-state index contributed by atoms with van der Waals surface area (Å²) in [5.74, 6) is -2.58. The minimum absolute atomic E-state index is 0.323. The van der Waals surface area contributed by atoms with Gasteiger partial charge in [0.15, 0.2) is 18.2 Å². The molecule has 0 spiro atoms. The van der Waals surface area contributed by atoms with Crippen LogP contribution in [0.1, 0.15) is 22.0 Å². The Hall–Kier alpha value is -2.42. The Morgan fingerprint density at radius 3 is 2.57 bits per heavy atom. The smallest absolute Gasteiger partial charge is 0.291 e. The summed E-state index contributed by atoms with van der Waals surface area (Å²) in [6.45, 7) is 4.29. The van der Waals surface area contributed by atoms with E-state index in [9.17, 15) is 14.4 Å². The Kier molecular flexibility index (Phi) is 6.36. The number of pyridine rings is 1. The third kappa shape index (κ3) is 4.21. The molecule has 2 unspecified atom stereocenters. The van der Waals surface area contributed by atoms with Crippen LogP contribution in [0, 0.1) is 5.92 Å². The molecule has 156 valence electrons. The first-order chi connectivity index (χ1) is 14.6. The number of carbonyl (C=O) groups excluding carboxylic acids is 3. The van der Waals surface area contributed by atoms with Crippen LogP contribution in [0.5, 0.6) is 0 Å². The number of ether oxygens (including phenoxy) is 1. The van der Waals surface area contributed by atoms with Crippen molar-refractivity contribution in [3.05, 3.63) is 64.4 Å².